The summed E-state index contributed by atoms with van der Waals surface area (Å²) in [6.45, 7) is 1.06. The largest absolute Gasteiger partial charge is 0.487 e. The highest BCUT2D eigenvalue weighted by Crippen LogP contribution is 2.15. The molecule has 1 heterocycles. The Bertz CT molecular complexity index is 788. The summed E-state index contributed by atoms with van der Waals surface area (Å²) in [5.41, 5.74) is 4.56. The predicted molar refractivity (Wildman–Crippen MR) is 100.0 cm³/mol. The van der Waals surface area contributed by atoms with Gasteiger partial charge in [-0.15, -0.1) is 11.3 Å². The van der Waals surface area contributed by atoms with Gasteiger partial charge in [0.15, 0.2) is 0 Å². The number of nitrogens with one attached hydrogen (secondary N) is 1. The van der Waals surface area contributed by atoms with Gasteiger partial charge in [-0.1, -0.05) is 36.4 Å². The highest BCUT2D eigenvalue weighted by Gasteiger charge is 2.06. The topological polar surface area (TPSA) is 51.2 Å². The number of amides is 1. The molecule has 2 aromatic carbocycles. The molecule has 0 aliphatic rings. The third-order valence-corrected chi connectivity index (χ3v) is 4.37. The van der Waals surface area contributed by atoms with Crippen molar-refractivity contribution in [2.75, 3.05) is 6.54 Å². The quantitative estimate of drug-likeness (QED) is 0.621. The van der Waals surface area contributed by atoms with Crippen LogP contribution in [0.4, 0.5) is 0 Å². The molecule has 25 heavy (non-hydrogen) atoms. The van der Waals surface area contributed by atoms with Crippen LogP contribution >= 0.6 is 11.3 Å². The summed E-state index contributed by atoms with van der Waals surface area (Å²) in [6, 6.07) is 17.5. The minimum Gasteiger partial charge on any atom is -0.487 e. The minimum atomic E-state index is -0.0767. The zero-order valence-electron chi connectivity index (χ0n) is 13.9. The first-order valence-corrected chi connectivity index (χ1v) is 9.17. The van der Waals surface area contributed by atoms with E-state index in [1.807, 2.05) is 35.7 Å². The van der Waals surface area contributed by atoms with Crippen LogP contribution in [0.3, 0.4) is 0 Å². The fraction of sp³-hybridized carbons (Fsp3) is 0.200. The number of carbonyl (C=O) groups is 1. The Morgan fingerprint density at radius 3 is 2.80 bits per heavy atom. The number of ether oxygens (including phenoxy) is 1. The first kappa shape index (κ1) is 17.2. The molecule has 3 aromatic rings. The van der Waals surface area contributed by atoms with E-state index in [4.69, 9.17) is 4.74 Å². The smallest absolute Gasteiger partial charge is 0.251 e. The molecule has 3 rings (SSSR count). The van der Waals surface area contributed by atoms with Crippen molar-refractivity contribution >= 4 is 17.2 Å². The van der Waals surface area contributed by atoms with Crippen molar-refractivity contribution < 1.29 is 9.53 Å². The average molecular weight is 352 g/mol. The number of benzene rings is 2. The van der Waals surface area contributed by atoms with E-state index in [2.05, 4.69) is 22.4 Å². The van der Waals surface area contributed by atoms with E-state index < -0.39 is 0 Å². The molecule has 4 nitrogen and oxygen atoms in total. The van der Waals surface area contributed by atoms with Crippen LogP contribution in [0.2, 0.25) is 0 Å². The van der Waals surface area contributed by atoms with E-state index in [-0.39, 0.29) is 5.91 Å². The molecule has 0 aliphatic heterocycles. The molecule has 0 aliphatic carbocycles. The highest BCUT2D eigenvalue weighted by atomic mass is 32.1. The Balaban J connectivity index is 1.46. The van der Waals surface area contributed by atoms with E-state index in [9.17, 15) is 4.79 Å². The lowest BCUT2D eigenvalue weighted by atomic mass is 10.1. The molecular formula is C20H20N2O2S. The van der Waals surface area contributed by atoms with Gasteiger partial charge in [0.1, 0.15) is 12.4 Å². The fourth-order valence-corrected chi connectivity index (χ4v) is 2.98. The summed E-state index contributed by atoms with van der Waals surface area (Å²) in [5.74, 6) is 0.595. The third kappa shape index (κ3) is 5.43. The molecule has 0 saturated heterocycles. The molecule has 0 bridgehead atoms. The van der Waals surface area contributed by atoms with Gasteiger partial charge in [0.2, 0.25) is 0 Å². The number of thiazole rings is 1. The maximum Gasteiger partial charge on any atom is 0.251 e. The molecule has 128 valence electrons. The van der Waals surface area contributed by atoms with Crippen LogP contribution in [0.15, 0.2) is 65.5 Å². The molecule has 1 N–H and O–H groups in total. The van der Waals surface area contributed by atoms with E-state index in [1.165, 1.54) is 16.9 Å². The fourth-order valence-electron chi connectivity index (χ4n) is 2.43. The van der Waals surface area contributed by atoms with Gasteiger partial charge in [-0.25, -0.2) is 4.98 Å². The van der Waals surface area contributed by atoms with Crippen molar-refractivity contribution in [1.82, 2.24) is 10.3 Å². The molecular weight excluding hydrogens is 332 g/mol. The van der Waals surface area contributed by atoms with E-state index in [0.717, 1.165) is 18.5 Å². The molecule has 0 unspecified atom stereocenters. The van der Waals surface area contributed by atoms with Crippen LogP contribution in [0.1, 0.15) is 28.0 Å². The number of nitrogens with zero attached hydrogens (tertiary/aromatic N) is 1. The van der Waals surface area contributed by atoms with E-state index in [0.29, 0.717) is 24.5 Å². The second-order valence-corrected chi connectivity index (χ2v) is 6.36. The number of carbonyl (C=O) groups excluding carboxylic acids is 1. The zero-order valence-corrected chi connectivity index (χ0v) is 14.7. The van der Waals surface area contributed by atoms with Gasteiger partial charge in [-0.05, 0) is 36.6 Å². The number of hydrogen-bond donors (Lipinski definition) is 1. The monoisotopic (exact) mass is 352 g/mol. The van der Waals surface area contributed by atoms with Crippen molar-refractivity contribution in [1.29, 1.82) is 0 Å². The molecule has 5 heteroatoms. The maximum atomic E-state index is 12.3. The van der Waals surface area contributed by atoms with Crippen molar-refractivity contribution in [3.8, 4) is 5.75 Å². The van der Waals surface area contributed by atoms with Crippen LogP contribution in [0.5, 0.6) is 5.75 Å². The average Bonchev–Trinajstić information content (AvgIpc) is 3.18. The van der Waals surface area contributed by atoms with Crippen molar-refractivity contribution in [2.45, 2.75) is 19.4 Å². The van der Waals surface area contributed by atoms with Crippen LogP contribution < -0.4 is 10.1 Å². The second kappa shape index (κ2) is 8.99. The highest BCUT2D eigenvalue weighted by molar-refractivity contribution is 7.07. The molecule has 1 amide bonds. The van der Waals surface area contributed by atoms with Crippen molar-refractivity contribution in [2.24, 2.45) is 0 Å². The number of aryl methyl sites for hydroxylation is 1. The summed E-state index contributed by atoms with van der Waals surface area (Å²) >= 11 is 1.54. The molecule has 0 spiro atoms. The van der Waals surface area contributed by atoms with Gasteiger partial charge >= 0.3 is 0 Å². The molecule has 0 radical (unpaired) electrons. The Morgan fingerprint density at radius 1 is 1.12 bits per heavy atom. The third-order valence-electron chi connectivity index (χ3n) is 3.74. The minimum absolute atomic E-state index is 0.0767. The first-order valence-electron chi connectivity index (χ1n) is 8.23. The summed E-state index contributed by atoms with van der Waals surface area (Å²) in [4.78, 5) is 16.4. The van der Waals surface area contributed by atoms with Gasteiger partial charge in [0.25, 0.3) is 5.91 Å². The molecule has 0 saturated carbocycles. The number of rotatable bonds is 8. The summed E-state index contributed by atoms with van der Waals surface area (Å²) in [7, 11) is 0. The second-order valence-electron chi connectivity index (χ2n) is 5.64. The summed E-state index contributed by atoms with van der Waals surface area (Å²) < 4.78 is 5.69. The van der Waals surface area contributed by atoms with Gasteiger partial charge in [0.05, 0.1) is 11.2 Å². The lowest BCUT2D eigenvalue weighted by molar-refractivity contribution is 0.0952. The number of aromatic nitrogens is 1. The normalized spacial score (nSPS) is 10.4. The molecule has 1 aromatic heterocycles. The Hall–Kier alpha value is -2.66. The SMILES string of the molecule is O=C(NCCCc1ccccc1)c1cccc(OCc2cscn2)c1. The van der Waals surface area contributed by atoms with E-state index >= 15 is 0 Å². The Morgan fingerprint density at radius 2 is 2.00 bits per heavy atom. The van der Waals surface area contributed by atoms with Crippen LogP contribution in [0, 0.1) is 0 Å². The Labute approximate surface area is 151 Å². The molecule has 0 atom stereocenters. The number of hydrogen-bond acceptors (Lipinski definition) is 4. The van der Waals surface area contributed by atoms with Crippen LogP contribution in [0.25, 0.3) is 0 Å². The van der Waals surface area contributed by atoms with Gasteiger partial charge < -0.3 is 10.1 Å². The van der Waals surface area contributed by atoms with Gasteiger partial charge in [-0.2, -0.15) is 0 Å². The lowest BCUT2D eigenvalue weighted by Gasteiger charge is -2.08. The van der Waals surface area contributed by atoms with Gasteiger partial charge in [-0.3, -0.25) is 4.79 Å². The van der Waals surface area contributed by atoms with Gasteiger partial charge in [0, 0.05) is 17.5 Å². The van der Waals surface area contributed by atoms with Crippen LogP contribution in [-0.4, -0.2) is 17.4 Å². The summed E-state index contributed by atoms with van der Waals surface area (Å²) in [6.07, 6.45) is 1.87. The van der Waals surface area contributed by atoms with Crippen molar-refractivity contribution in [3.05, 3.63) is 82.3 Å². The maximum absolute atomic E-state index is 12.3. The zero-order chi connectivity index (χ0) is 17.3. The van der Waals surface area contributed by atoms with E-state index in [1.54, 1.807) is 17.6 Å². The molecule has 0 fully saturated rings. The lowest BCUT2D eigenvalue weighted by Crippen LogP contribution is -2.24. The Kier molecular flexibility index (Phi) is 6.17. The van der Waals surface area contributed by atoms with Crippen molar-refractivity contribution in [3.63, 3.8) is 0 Å². The summed E-state index contributed by atoms with van der Waals surface area (Å²) in [5, 5.41) is 4.91. The van der Waals surface area contributed by atoms with Crippen LogP contribution in [-0.2, 0) is 13.0 Å². The first-order chi connectivity index (χ1) is 12.3. The standard InChI is InChI=1S/C20H20N2O2S/c23-20(21-11-5-8-16-6-2-1-3-7-16)17-9-4-10-19(12-17)24-13-18-14-25-15-22-18/h1-4,6-7,9-10,12,14-15H,5,8,11,13H2,(H,21,23). The predicted octanol–water partition coefficient (Wildman–Crippen LogP) is 4.08.